The zero-order valence-corrected chi connectivity index (χ0v) is 10.2. The highest BCUT2D eigenvalue weighted by Crippen LogP contribution is 2.13. The predicted molar refractivity (Wildman–Crippen MR) is 65.7 cm³/mol. The molecule has 1 aromatic carbocycles. The molecule has 0 aliphatic rings. The Morgan fingerprint density at radius 1 is 1.31 bits per heavy atom. The van der Waals surface area contributed by atoms with Crippen LogP contribution >= 0.6 is 0 Å². The Bertz CT molecular complexity index is 332. The Morgan fingerprint density at radius 3 is 2.50 bits per heavy atom. The number of carbonyl (C=O) groups excluding carboxylic acids is 1. The average Bonchev–Trinajstić information content (AvgIpc) is 2.27. The van der Waals surface area contributed by atoms with E-state index in [0.717, 1.165) is 5.69 Å². The summed E-state index contributed by atoms with van der Waals surface area (Å²) in [5.74, 6) is -0.138. The van der Waals surface area contributed by atoms with Crippen LogP contribution in [0.2, 0.25) is 0 Å². The molecule has 16 heavy (non-hydrogen) atoms. The molecule has 1 aromatic rings. The summed E-state index contributed by atoms with van der Waals surface area (Å²) >= 11 is 0. The zero-order chi connectivity index (χ0) is 12.0. The molecule has 0 amide bonds. The Balaban J connectivity index is 2.43. The van der Waals surface area contributed by atoms with E-state index in [-0.39, 0.29) is 5.97 Å². The Kier molecular flexibility index (Phi) is 4.83. The molecule has 0 spiro atoms. The number of nitrogens with zero attached hydrogens (tertiary/aromatic N) is 1. The zero-order valence-electron chi connectivity index (χ0n) is 10.2. The van der Waals surface area contributed by atoms with Crippen molar-refractivity contribution in [3.63, 3.8) is 0 Å². The molecule has 0 bridgehead atoms. The van der Waals surface area contributed by atoms with E-state index < -0.39 is 0 Å². The summed E-state index contributed by atoms with van der Waals surface area (Å²) in [5, 5.41) is 0. The number of esters is 1. The summed E-state index contributed by atoms with van der Waals surface area (Å²) in [7, 11) is 1.98. The lowest BCUT2D eigenvalue weighted by Gasteiger charge is -2.18. The van der Waals surface area contributed by atoms with E-state index >= 15 is 0 Å². The lowest BCUT2D eigenvalue weighted by molar-refractivity contribution is -0.142. The minimum absolute atomic E-state index is 0.138. The van der Waals surface area contributed by atoms with Crippen molar-refractivity contribution in [3.05, 3.63) is 29.8 Å². The first kappa shape index (κ1) is 12.6. The number of hydrogen-bond acceptors (Lipinski definition) is 3. The summed E-state index contributed by atoms with van der Waals surface area (Å²) in [5.41, 5.74) is 2.36. The van der Waals surface area contributed by atoms with Crippen molar-refractivity contribution in [2.75, 3.05) is 25.1 Å². The van der Waals surface area contributed by atoms with Gasteiger partial charge < -0.3 is 9.64 Å². The summed E-state index contributed by atoms with van der Waals surface area (Å²) in [6.07, 6.45) is 0.429. The monoisotopic (exact) mass is 221 g/mol. The van der Waals surface area contributed by atoms with Gasteiger partial charge in [0.2, 0.25) is 0 Å². The van der Waals surface area contributed by atoms with Crippen molar-refractivity contribution in [3.8, 4) is 0 Å². The Hall–Kier alpha value is -1.51. The Labute approximate surface area is 97.0 Å². The molecule has 3 nitrogen and oxygen atoms in total. The number of aryl methyl sites for hydroxylation is 1. The summed E-state index contributed by atoms with van der Waals surface area (Å²) in [6, 6.07) is 8.24. The first-order valence-electron chi connectivity index (χ1n) is 5.57. The molecule has 3 heteroatoms. The van der Waals surface area contributed by atoms with Gasteiger partial charge in [0, 0.05) is 19.3 Å². The molecule has 0 radical (unpaired) electrons. The molecule has 0 aliphatic heterocycles. The van der Waals surface area contributed by atoms with E-state index in [1.54, 1.807) is 0 Å². The van der Waals surface area contributed by atoms with Crippen LogP contribution in [0.15, 0.2) is 24.3 Å². The minimum Gasteiger partial charge on any atom is -0.466 e. The molecular formula is C13H19NO2. The van der Waals surface area contributed by atoms with Gasteiger partial charge >= 0.3 is 5.97 Å². The van der Waals surface area contributed by atoms with Crippen LogP contribution in [0.3, 0.4) is 0 Å². The molecule has 0 aromatic heterocycles. The molecule has 0 heterocycles. The van der Waals surface area contributed by atoms with Crippen LogP contribution in [0.4, 0.5) is 5.69 Å². The molecular weight excluding hydrogens is 202 g/mol. The van der Waals surface area contributed by atoms with Crippen molar-refractivity contribution in [2.24, 2.45) is 0 Å². The van der Waals surface area contributed by atoms with Crippen LogP contribution in [0.25, 0.3) is 0 Å². The largest absolute Gasteiger partial charge is 0.466 e. The van der Waals surface area contributed by atoms with E-state index in [1.165, 1.54) is 5.56 Å². The number of ether oxygens (including phenoxy) is 1. The number of hydrogen-bond donors (Lipinski definition) is 0. The summed E-state index contributed by atoms with van der Waals surface area (Å²) in [6.45, 7) is 5.01. The van der Waals surface area contributed by atoms with Crippen LogP contribution in [0.5, 0.6) is 0 Å². The van der Waals surface area contributed by atoms with Crippen LogP contribution in [0.1, 0.15) is 18.9 Å². The Morgan fingerprint density at radius 2 is 1.94 bits per heavy atom. The van der Waals surface area contributed by atoms with Crippen molar-refractivity contribution in [1.82, 2.24) is 0 Å². The molecule has 0 N–H and O–H groups in total. The molecule has 0 saturated carbocycles. The van der Waals surface area contributed by atoms with Gasteiger partial charge in [-0.3, -0.25) is 4.79 Å². The maximum absolute atomic E-state index is 11.2. The van der Waals surface area contributed by atoms with Gasteiger partial charge in [-0.15, -0.1) is 0 Å². The van der Waals surface area contributed by atoms with Gasteiger partial charge in [0.1, 0.15) is 0 Å². The SMILES string of the molecule is CCOC(=O)CCN(C)c1ccc(C)cc1. The van der Waals surface area contributed by atoms with Crippen molar-refractivity contribution in [2.45, 2.75) is 20.3 Å². The van der Waals surface area contributed by atoms with Crippen molar-refractivity contribution in [1.29, 1.82) is 0 Å². The maximum Gasteiger partial charge on any atom is 0.307 e. The van der Waals surface area contributed by atoms with E-state index in [2.05, 4.69) is 36.1 Å². The standard InChI is InChI=1S/C13H19NO2/c1-4-16-13(15)9-10-14(3)12-7-5-11(2)6-8-12/h5-8H,4,9-10H2,1-3H3. The topological polar surface area (TPSA) is 29.5 Å². The van der Waals surface area contributed by atoms with Crippen LogP contribution in [-0.4, -0.2) is 26.2 Å². The van der Waals surface area contributed by atoms with Gasteiger partial charge in [0.05, 0.1) is 13.0 Å². The molecule has 88 valence electrons. The van der Waals surface area contributed by atoms with E-state index in [9.17, 15) is 4.79 Å². The van der Waals surface area contributed by atoms with Gasteiger partial charge in [-0.25, -0.2) is 0 Å². The third kappa shape index (κ3) is 3.93. The highest BCUT2D eigenvalue weighted by atomic mass is 16.5. The highest BCUT2D eigenvalue weighted by Gasteiger charge is 2.05. The summed E-state index contributed by atoms with van der Waals surface area (Å²) in [4.78, 5) is 13.2. The number of benzene rings is 1. The number of anilines is 1. The average molecular weight is 221 g/mol. The number of carbonyl (C=O) groups is 1. The first-order chi connectivity index (χ1) is 7.63. The van der Waals surface area contributed by atoms with Gasteiger partial charge in [0.15, 0.2) is 0 Å². The minimum atomic E-state index is -0.138. The normalized spacial score (nSPS) is 9.94. The fourth-order valence-corrected chi connectivity index (χ4v) is 1.42. The van der Waals surface area contributed by atoms with Crippen LogP contribution < -0.4 is 4.90 Å². The molecule has 0 aliphatic carbocycles. The van der Waals surface area contributed by atoms with Gasteiger partial charge in [-0.2, -0.15) is 0 Å². The van der Waals surface area contributed by atoms with Crippen molar-refractivity contribution < 1.29 is 9.53 Å². The summed E-state index contributed by atoms with van der Waals surface area (Å²) < 4.78 is 4.88. The molecule has 0 saturated heterocycles. The fraction of sp³-hybridized carbons (Fsp3) is 0.462. The third-order valence-corrected chi connectivity index (χ3v) is 2.43. The quantitative estimate of drug-likeness (QED) is 0.715. The highest BCUT2D eigenvalue weighted by molar-refractivity contribution is 5.70. The van der Waals surface area contributed by atoms with E-state index in [4.69, 9.17) is 4.74 Å². The van der Waals surface area contributed by atoms with Gasteiger partial charge in [-0.1, -0.05) is 17.7 Å². The third-order valence-electron chi connectivity index (χ3n) is 2.43. The van der Waals surface area contributed by atoms with Gasteiger partial charge in [-0.05, 0) is 26.0 Å². The predicted octanol–water partition coefficient (Wildman–Crippen LogP) is 2.38. The molecule has 1 rings (SSSR count). The first-order valence-corrected chi connectivity index (χ1v) is 5.57. The maximum atomic E-state index is 11.2. The van der Waals surface area contributed by atoms with Crippen LogP contribution in [-0.2, 0) is 9.53 Å². The molecule has 0 fully saturated rings. The van der Waals surface area contributed by atoms with Crippen LogP contribution in [0, 0.1) is 6.92 Å². The molecule has 0 atom stereocenters. The fourth-order valence-electron chi connectivity index (χ4n) is 1.42. The number of rotatable bonds is 5. The van der Waals surface area contributed by atoms with E-state index in [1.807, 2.05) is 14.0 Å². The van der Waals surface area contributed by atoms with Crippen molar-refractivity contribution >= 4 is 11.7 Å². The van der Waals surface area contributed by atoms with Gasteiger partial charge in [0.25, 0.3) is 0 Å². The smallest absolute Gasteiger partial charge is 0.307 e. The second kappa shape index (κ2) is 6.16. The molecule has 0 unspecified atom stereocenters. The lowest BCUT2D eigenvalue weighted by atomic mass is 10.2. The second-order valence-corrected chi connectivity index (χ2v) is 3.81. The second-order valence-electron chi connectivity index (χ2n) is 3.81. The lowest BCUT2D eigenvalue weighted by Crippen LogP contribution is -2.21. The van der Waals surface area contributed by atoms with E-state index in [0.29, 0.717) is 19.6 Å².